The van der Waals surface area contributed by atoms with E-state index in [0.29, 0.717) is 0 Å². The summed E-state index contributed by atoms with van der Waals surface area (Å²) in [6, 6.07) is 4.23. The Kier molecular flexibility index (Phi) is 3.45. The van der Waals surface area contributed by atoms with Crippen molar-refractivity contribution in [3.8, 4) is 5.75 Å². The first kappa shape index (κ1) is 10.5. The normalized spacial score (nSPS) is 10.1. The maximum atomic E-state index is 10.4. The molecule has 0 atom stereocenters. The minimum absolute atomic E-state index is 0.0210. The van der Waals surface area contributed by atoms with Crippen molar-refractivity contribution in [1.29, 1.82) is 0 Å². The second-order valence-electron chi connectivity index (χ2n) is 3.17. The molecule has 0 radical (unpaired) electrons. The van der Waals surface area contributed by atoms with Crippen molar-refractivity contribution in [2.45, 2.75) is 26.2 Å². The standard InChI is InChI=1S/C10H13NO3/c1-2-3-4-8-5-6-9(11(13)14)7-10(8)12/h5-7,12H,2-4H2,1H3. The van der Waals surface area contributed by atoms with Crippen molar-refractivity contribution in [3.05, 3.63) is 33.9 Å². The number of hydrogen-bond acceptors (Lipinski definition) is 3. The highest BCUT2D eigenvalue weighted by atomic mass is 16.6. The highest BCUT2D eigenvalue weighted by molar-refractivity contribution is 5.43. The van der Waals surface area contributed by atoms with E-state index in [-0.39, 0.29) is 11.4 Å². The first-order chi connectivity index (χ1) is 6.65. The Morgan fingerprint density at radius 1 is 1.50 bits per heavy atom. The van der Waals surface area contributed by atoms with E-state index in [2.05, 4.69) is 6.92 Å². The molecule has 14 heavy (non-hydrogen) atoms. The van der Waals surface area contributed by atoms with Crippen molar-refractivity contribution < 1.29 is 10.0 Å². The summed E-state index contributed by atoms with van der Waals surface area (Å²) in [5.74, 6) is 0.0210. The Labute approximate surface area is 82.3 Å². The zero-order valence-corrected chi connectivity index (χ0v) is 8.06. The number of aryl methyl sites for hydroxylation is 1. The van der Waals surface area contributed by atoms with Gasteiger partial charge in [0, 0.05) is 6.07 Å². The van der Waals surface area contributed by atoms with Gasteiger partial charge in [0.1, 0.15) is 5.75 Å². The van der Waals surface area contributed by atoms with Gasteiger partial charge in [-0.2, -0.15) is 0 Å². The summed E-state index contributed by atoms with van der Waals surface area (Å²) in [4.78, 5) is 9.86. The number of nitrogens with zero attached hydrogens (tertiary/aromatic N) is 1. The summed E-state index contributed by atoms with van der Waals surface area (Å²) >= 11 is 0. The molecule has 1 rings (SSSR count). The maximum Gasteiger partial charge on any atom is 0.273 e. The first-order valence-corrected chi connectivity index (χ1v) is 4.61. The van der Waals surface area contributed by atoms with Gasteiger partial charge in [-0.05, 0) is 24.5 Å². The van der Waals surface area contributed by atoms with Gasteiger partial charge in [-0.15, -0.1) is 0 Å². The van der Waals surface area contributed by atoms with E-state index in [1.54, 1.807) is 6.07 Å². The molecule has 0 saturated heterocycles. The predicted octanol–water partition coefficient (Wildman–Crippen LogP) is 2.64. The number of aromatic hydroxyl groups is 1. The third kappa shape index (κ3) is 2.45. The lowest BCUT2D eigenvalue weighted by atomic mass is 10.1. The fourth-order valence-corrected chi connectivity index (χ4v) is 1.24. The van der Waals surface area contributed by atoms with Crippen molar-refractivity contribution in [3.63, 3.8) is 0 Å². The van der Waals surface area contributed by atoms with Gasteiger partial charge in [0.25, 0.3) is 5.69 Å². The molecule has 1 N–H and O–H groups in total. The third-order valence-corrected chi connectivity index (χ3v) is 2.08. The Hall–Kier alpha value is -1.58. The Balaban J connectivity index is 2.84. The van der Waals surface area contributed by atoms with Gasteiger partial charge in [-0.3, -0.25) is 10.1 Å². The molecule has 4 heteroatoms. The molecule has 0 fully saturated rings. The molecule has 0 spiro atoms. The summed E-state index contributed by atoms with van der Waals surface area (Å²) < 4.78 is 0. The van der Waals surface area contributed by atoms with Crippen molar-refractivity contribution >= 4 is 5.69 Å². The van der Waals surface area contributed by atoms with Crippen LogP contribution in [0.25, 0.3) is 0 Å². The van der Waals surface area contributed by atoms with Gasteiger partial charge in [-0.1, -0.05) is 13.3 Å². The summed E-state index contributed by atoms with van der Waals surface area (Å²) in [6.45, 7) is 2.06. The van der Waals surface area contributed by atoms with Crippen LogP contribution in [0.3, 0.4) is 0 Å². The van der Waals surface area contributed by atoms with E-state index in [1.165, 1.54) is 12.1 Å². The van der Waals surface area contributed by atoms with Crippen LogP contribution in [-0.2, 0) is 6.42 Å². The smallest absolute Gasteiger partial charge is 0.273 e. The third-order valence-electron chi connectivity index (χ3n) is 2.08. The Morgan fingerprint density at radius 3 is 2.71 bits per heavy atom. The summed E-state index contributed by atoms with van der Waals surface area (Å²) in [5, 5.41) is 19.8. The van der Waals surface area contributed by atoms with Crippen LogP contribution in [-0.4, -0.2) is 10.0 Å². The number of unbranched alkanes of at least 4 members (excludes halogenated alkanes) is 1. The lowest BCUT2D eigenvalue weighted by Gasteiger charge is -2.02. The monoisotopic (exact) mass is 195 g/mol. The molecule has 0 bridgehead atoms. The molecular weight excluding hydrogens is 182 g/mol. The highest BCUT2D eigenvalue weighted by Crippen LogP contribution is 2.24. The summed E-state index contributed by atoms with van der Waals surface area (Å²) in [5.41, 5.74) is 0.709. The van der Waals surface area contributed by atoms with Crippen LogP contribution in [0, 0.1) is 10.1 Å². The molecular formula is C10H13NO3. The quantitative estimate of drug-likeness (QED) is 0.593. The predicted molar refractivity (Wildman–Crippen MR) is 53.4 cm³/mol. The molecule has 0 saturated carbocycles. The molecule has 0 aromatic heterocycles. The van der Waals surface area contributed by atoms with Crippen LogP contribution >= 0.6 is 0 Å². The zero-order valence-electron chi connectivity index (χ0n) is 8.06. The Morgan fingerprint density at radius 2 is 2.21 bits per heavy atom. The minimum atomic E-state index is -0.511. The number of rotatable bonds is 4. The van der Waals surface area contributed by atoms with Gasteiger partial charge in [0.15, 0.2) is 0 Å². The van der Waals surface area contributed by atoms with E-state index >= 15 is 0 Å². The molecule has 1 aromatic carbocycles. The molecule has 4 nitrogen and oxygen atoms in total. The van der Waals surface area contributed by atoms with Crippen LogP contribution in [0.15, 0.2) is 18.2 Å². The van der Waals surface area contributed by atoms with Crippen molar-refractivity contribution in [1.82, 2.24) is 0 Å². The van der Waals surface area contributed by atoms with E-state index in [1.807, 2.05) is 0 Å². The lowest BCUT2D eigenvalue weighted by molar-refractivity contribution is -0.384. The molecule has 0 heterocycles. The van der Waals surface area contributed by atoms with Crippen molar-refractivity contribution in [2.75, 3.05) is 0 Å². The summed E-state index contributed by atoms with van der Waals surface area (Å²) in [7, 11) is 0. The second-order valence-corrected chi connectivity index (χ2v) is 3.17. The van der Waals surface area contributed by atoms with E-state index in [4.69, 9.17) is 0 Å². The largest absolute Gasteiger partial charge is 0.507 e. The number of hydrogen-bond donors (Lipinski definition) is 1. The highest BCUT2D eigenvalue weighted by Gasteiger charge is 2.09. The van der Waals surface area contributed by atoms with Gasteiger partial charge in [0.05, 0.1) is 11.0 Å². The van der Waals surface area contributed by atoms with E-state index < -0.39 is 4.92 Å². The fraction of sp³-hybridized carbons (Fsp3) is 0.400. The van der Waals surface area contributed by atoms with E-state index in [0.717, 1.165) is 24.8 Å². The summed E-state index contributed by atoms with van der Waals surface area (Å²) in [6.07, 6.45) is 2.78. The van der Waals surface area contributed by atoms with Crippen LogP contribution < -0.4 is 0 Å². The van der Waals surface area contributed by atoms with Gasteiger partial charge in [-0.25, -0.2) is 0 Å². The minimum Gasteiger partial charge on any atom is -0.507 e. The average molecular weight is 195 g/mol. The van der Waals surface area contributed by atoms with Crippen LogP contribution in [0.2, 0.25) is 0 Å². The number of phenolic OH excluding ortho intramolecular Hbond substituents is 1. The van der Waals surface area contributed by atoms with Crippen LogP contribution in [0.5, 0.6) is 5.75 Å². The first-order valence-electron chi connectivity index (χ1n) is 4.61. The number of benzene rings is 1. The zero-order chi connectivity index (χ0) is 10.6. The average Bonchev–Trinajstić information content (AvgIpc) is 2.15. The molecule has 1 aromatic rings. The number of nitro benzene ring substituents is 1. The molecule has 0 amide bonds. The Bertz CT molecular complexity index is 336. The molecule has 0 aliphatic carbocycles. The molecule has 0 unspecified atom stereocenters. The number of nitro groups is 1. The maximum absolute atomic E-state index is 10.4. The topological polar surface area (TPSA) is 63.4 Å². The number of non-ortho nitro benzene ring substituents is 1. The van der Waals surface area contributed by atoms with Gasteiger partial charge >= 0.3 is 0 Å². The van der Waals surface area contributed by atoms with Crippen molar-refractivity contribution in [2.24, 2.45) is 0 Å². The van der Waals surface area contributed by atoms with E-state index in [9.17, 15) is 15.2 Å². The van der Waals surface area contributed by atoms with Gasteiger partial charge < -0.3 is 5.11 Å². The fourth-order valence-electron chi connectivity index (χ4n) is 1.24. The molecule has 0 aliphatic heterocycles. The van der Waals surface area contributed by atoms with Crippen LogP contribution in [0.4, 0.5) is 5.69 Å². The lowest BCUT2D eigenvalue weighted by Crippen LogP contribution is -1.90. The van der Waals surface area contributed by atoms with Gasteiger partial charge in [0.2, 0.25) is 0 Å². The second kappa shape index (κ2) is 4.60. The molecule has 76 valence electrons. The molecule has 0 aliphatic rings. The van der Waals surface area contributed by atoms with Crippen LogP contribution in [0.1, 0.15) is 25.3 Å². The SMILES string of the molecule is CCCCc1ccc([N+](=O)[O-])cc1O. The number of phenols is 1.